The Labute approximate surface area is 118 Å². The Bertz CT molecular complexity index is 723. The zero-order valence-electron chi connectivity index (χ0n) is 12.3. The van der Waals surface area contributed by atoms with Crippen molar-refractivity contribution in [2.45, 2.75) is 39.9 Å². The Morgan fingerprint density at radius 1 is 1.45 bits per heavy atom. The lowest BCUT2D eigenvalue weighted by molar-refractivity contribution is 0.179. The van der Waals surface area contributed by atoms with Gasteiger partial charge in [-0.25, -0.2) is 4.79 Å². The number of hydrogen-bond donors (Lipinski definition) is 1. The van der Waals surface area contributed by atoms with Crippen LogP contribution >= 0.6 is 0 Å². The summed E-state index contributed by atoms with van der Waals surface area (Å²) in [4.78, 5) is 17.5. The van der Waals surface area contributed by atoms with E-state index in [1.807, 2.05) is 23.6 Å². The minimum absolute atomic E-state index is 0.0123. The number of hydrogen-bond acceptors (Lipinski definition) is 2. The molecule has 0 bridgehead atoms. The molecule has 1 atom stereocenters. The number of nitrogens with one attached hydrogen (secondary N) is 1. The highest BCUT2D eigenvalue weighted by molar-refractivity contribution is 5.79. The monoisotopic (exact) mass is 271 g/mol. The van der Waals surface area contributed by atoms with Crippen molar-refractivity contribution in [2.24, 2.45) is 5.92 Å². The number of aromatic amines is 1. The number of benzene rings is 1. The van der Waals surface area contributed by atoms with Gasteiger partial charge in [-0.2, -0.15) is 0 Å². The molecule has 0 fully saturated rings. The van der Waals surface area contributed by atoms with Crippen LogP contribution in [0.3, 0.4) is 0 Å². The van der Waals surface area contributed by atoms with Crippen molar-refractivity contribution in [3.8, 4) is 0 Å². The van der Waals surface area contributed by atoms with Crippen molar-refractivity contribution in [2.75, 3.05) is 0 Å². The molecule has 0 radical (unpaired) electrons. The highest BCUT2D eigenvalue weighted by Gasteiger charge is 2.28. The highest BCUT2D eigenvalue weighted by Crippen LogP contribution is 2.28. The average Bonchev–Trinajstić information content (AvgIpc) is 2.58. The second kappa shape index (κ2) is 4.54. The van der Waals surface area contributed by atoms with E-state index in [1.54, 1.807) is 0 Å². The second-order valence-electron chi connectivity index (χ2n) is 6.03. The van der Waals surface area contributed by atoms with E-state index >= 15 is 0 Å². The first-order chi connectivity index (χ1) is 9.49. The second-order valence-corrected chi connectivity index (χ2v) is 6.03. The summed E-state index contributed by atoms with van der Waals surface area (Å²) in [6, 6.07) is 6.36. The van der Waals surface area contributed by atoms with Gasteiger partial charge in [0.15, 0.2) is 0 Å². The minimum Gasteiger partial charge on any atom is -0.366 e. The molecular weight excluding hydrogens is 250 g/mol. The minimum atomic E-state index is -0.0123. The molecule has 1 unspecified atom stereocenters. The smallest absolute Gasteiger partial charge is 0.326 e. The molecule has 0 spiro atoms. The number of allylic oxidation sites excluding steroid dienone is 1. The maximum atomic E-state index is 12.2. The Kier molecular flexibility index (Phi) is 2.96. The van der Waals surface area contributed by atoms with E-state index in [-0.39, 0.29) is 11.7 Å². The average molecular weight is 271 g/mol. The van der Waals surface area contributed by atoms with Crippen LogP contribution in [0.1, 0.15) is 26.3 Å². The quantitative estimate of drug-likeness (QED) is 0.912. The molecule has 1 aliphatic heterocycles. The van der Waals surface area contributed by atoms with Gasteiger partial charge in [0.05, 0.1) is 11.0 Å². The van der Waals surface area contributed by atoms with Crippen molar-refractivity contribution in [1.82, 2.24) is 14.5 Å². The molecule has 1 N–H and O–H groups in total. The van der Waals surface area contributed by atoms with E-state index in [1.165, 1.54) is 5.56 Å². The molecule has 0 saturated heterocycles. The van der Waals surface area contributed by atoms with Crippen LogP contribution in [0.4, 0.5) is 0 Å². The molecular formula is C16H21N3O. The Morgan fingerprint density at radius 2 is 2.20 bits per heavy atom. The molecule has 4 nitrogen and oxygen atoms in total. The maximum absolute atomic E-state index is 12.2. The summed E-state index contributed by atoms with van der Waals surface area (Å²) in [5, 5.41) is 0. The normalized spacial score (nSPS) is 18.6. The first-order valence-electron chi connectivity index (χ1n) is 7.11. The maximum Gasteiger partial charge on any atom is 0.326 e. The van der Waals surface area contributed by atoms with Gasteiger partial charge in [-0.3, -0.25) is 4.57 Å². The van der Waals surface area contributed by atoms with Crippen LogP contribution in [-0.2, 0) is 13.1 Å². The SMILES string of the molecule is C=C(C)N1Cc2cccc3[nH]c(=O)n(c23)CC1C(C)C. The molecule has 1 aromatic heterocycles. The first-order valence-corrected chi connectivity index (χ1v) is 7.11. The lowest BCUT2D eigenvalue weighted by Crippen LogP contribution is -2.40. The van der Waals surface area contributed by atoms with E-state index < -0.39 is 0 Å². The number of para-hydroxylation sites is 1. The summed E-state index contributed by atoms with van der Waals surface area (Å²) >= 11 is 0. The van der Waals surface area contributed by atoms with E-state index in [2.05, 4.69) is 36.4 Å². The zero-order valence-corrected chi connectivity index (χ0v) is 12.3. The van der Waals surface area contributed by atoms with Crippen molar-refractivity contribution in [3.05, 3.63) is 46.5 Å². The standard InChI is InChI=1S/C16H21N3O/c1-10(2)14-9-19-15-12(8-18(14)11(3)4)6-5-7-13(15)17-16(19)20/h5-7,10,14H,3,8-9H2,1-2,4H3,(H,17,20). The molecule has 1 aliphatic rings. The van der Waals surface area contributed by atoms with Gasteiger partial charge in [0.25, 0.3) is 0 Å². The largest absolute Gasteiger partial charge is 0.366 e. The molecule has 0 aliphatic carbocycles. The third-order valence-electron chi connectivity index (χ3n) is 4.25. The lowest BCUT2D eigenvalue weighted by Gasteiger charge is -2.35. The lowest BCUT2D eigenvalue weighted by atomic mass is 10.0. The molecule has 1 aromatic carbocycles. The number of imidazole rings is 1. The Morgan fingerprint density at radius 3 is 2.85 bits per heavy atom. The Balaban J connectivity index is 2.23. The van der Waals surface area contributed by atoms with Crippen molar-refractivity contribution in [1.29, 1.82) is 0 Å². The van der Waals surface area contributed by atoms with Crippen LogP contribution in [0.15, 0.2) is 35.3 Å². The van der Waals surface area contributed by atoms with Gasteiger partial charge in [0.2, 0.25) is 0 Å². The van der Waals surface area contributed by atoms with E-state index in [4.69, 9.17) is 0 Å². The van der Waals surface area contributed by atoms with Gasteiger partial charge in [-0.15, -0.1) is 0 Å². The van der Waals surface area contributed by atoms with E-state index in [9.17, 15) is 4.79 Å². The zero-order chi connectivity index (χ0) is 14.4. The van der Waals surface area contributed by atoms with Crippen molar-refractivity contribution in [3.63, 3.8) is 0 Å². The molecule has 0 amide bonds. The van der Waals surface area contributed by atoms with Gasteiger partial charge >= 0.3 is 5.69 Å². The van der Waals surface area contributed by atoms with Crippen molar-refractivity contribution >= 4 is 11.0 Å². The summed E-state index contributed by atoms with van der Waals surface area (Å²) in [6.45, 7) is 12.1. The number of rotatable bonds is 2. The predicted molar refractivity (Wildman–Crippen MR) is 81.5 cm³/mol. The van der Waals surface area contributed by atoms with E-state index in [0.29, 0.717) is 12.5 Å². The van der Waals surface area contributed by atoms with Crippen LogP contribution < -0.4 is 5.69 Å². The number of aromatic nitrogens is 2. The topological polar surface area (TPSA) is 41.0 Å². The van der Waals surface area contributed by atoms with Crippen LogP contribution in [-0.4, -0.2) is 20.5 Å². The summed E-state index contributed by atoms with van der Waals surface area (Å²) in [5.41, 5.74) is 4.21. The van der Waals surface area contributed by atoms with Gasteiger partial charge in [0.1, 0.15) is 0 Å². The van der Waals surface area contributed by atoms with Gasteiger partial charge in [-0.1, -0.05) is 32.6 Å². The molecule has 106 valence electrons. The molecule has 4 heteroatoms. The number of nitrogens with zero attached hydrogens (tertiary/aromatic N) is 2. The third kappa shape index (κ3) is 1.87. The van der Waals surface area contributed by atoms with Gasteiger partial charge < -0.3 is 9.88 Å². The summed E-state index contributed by atoms with van der Waals surface area (Å²) in [6.07, 6.45) is 0. The van der Waals surface area contributed by atoms with Crippen LogP contribution in [0, 0.1) is 5.92 Å². The highest BCUT2D eigenvalue weighted by atomic mass is 16.1. The molecule has 0 saturated carbocycles. The molecule has 2 aromatic rings. The van der Waals surface area contributed by atoms with Crippen LogP contribution in [0.25, 0.3) is 11.0 Å². The predicted octanol–water partition coefficient (Wildman–Crippen LogP) is 2.70. The fourth-order valence-corrected chi connectivity index (χ4v) is 3.17. The van der Waals surface area contributed by atoms with Gasteiger partial charge in [0, 0.05) is 24.8 Å². The van der Waals surface area contributed by atoms with E-state index in [0.717, 1.165) is 23.3 Å². The fourth-order valence-electron chi connectivity index (χ4n) is 3.17. The first kappa shape index (κ1) is 13.0. The molecule has 2 heterocycles. The fraction of sp³-hybridized carbons (Fsp3) is 0.438. The molecule has 3 rings (SSSR count). The third-order valence-corrected chi connectivity index (χ3v) is 4.25. The van der Waals surface area contributed by atoms with Crippen molar-refractivity contribution < 1.29 is 0 Å². The summed E-state index contributed by atoms with van der Waals surface area (Å²) < 4.78 is 1.89. The Hall–Kier alpha value is -1.97. The van der Waals surface area contributed by atoms with Crippen LogP contribution in [0.2, 0.25) is 0 Å². The molecule has 20 heavy (non-hydrogen) atoms. The van der Waals surface area contributed by atoms with Crippen LogP contribution in [0.5, 0.6) is 0 Å². The summed E-state index contributed by atoms with van der Waals surface area (Å²) in [5.74, 6) is 0.456. The number of H-pyrrole nitrogens is 1. The summed E-state index contributed by atoms with van der Waals surface area (Å²) in [7, 11) is 0. The van der Waals surface area contributed by atoms with Gasteiger partial charge in [-0.05, 0) is 24.5 Å².